The van der Waals surface area contributed by atoms with Crippen LogP contribution in [-0.2, 0) is 0 Å². The van der Waals surface area contributed by atoms with Crippen molar-refractivity contribution in [3.8, 4) is 119 Å². The second kappa shape index (κ2) is 32.8. The molecule has 21 aromatic rings. The number of hydrogen-bond acceptors (Lipinski definition) is 13. The van der Waals surface area contributed by atoms with Gasteiger partial charge in [0, 0.05) is 99.5 Å². The van der Waals surface area contributed by atoms with Crippen LogP contribution in [0.3, 0.4) is 0 Å². The Labute approximate surface area is 691 Å². The lowest BCUT2D eigenvalue weighted by atomic mass is 9.77. The Balaban J connectivity index is 0.000000119. The van der Waals surface area contributed by atoms with E-state index in [1.807, 2.05) is 291 Å². The second-order valence-electron chi connectivity index (χ2n) is 29.0. The third-order valence-corrected chi connectivity index (χ3v) is 21.6. The molecule has 0 unspecified atom stereocenters. The van der Waals surface area contributed by atoms with E-state index in [4.69, 9.17) is 34.9 Å². The molecule has 16 nitrogen and oxygen atoms in total. The van der Waals surface area contributed by atoms with Gasteiger partial charge in [0.1, 0.15) is 0 Å². The van der Waals surface area contributed by atoms with Gasteiger partial charge in [-0.1, -0.05) is 285 Å². The van der Waals surface area contributed by atoms with Crippen molar-refractivity contribution < 1.29 is 30.1 Å². The van der Waals surface area contributed by atoms with Crippen molar-refractivity contribution in [2.45, 2.75) is 0 Å². The van der Waals surface area contributed by atoms with Crippen LogP contribution in [0.5, 0.6) is 0 Å². The van der Waals surface area contributed by atoms with Crippen molar-refractivity contribution in [3.63, 3.8) is 0 Å². The molecule has 6 N–H and O–H groups in total. The first-order valence-corrected chi connectivity index (χ1v) is 39.4. The Morgan fingerprint density at radius 2 is 0.375 bits per heavy atom. The third kappa shape index (κ3) is 14.6. The summed E-state index contributed by atoms with van der Waals surface area (Å²) < 4.78 is 6.45. The topological polar surface area (TPSA) is 226 Å². The quantitative estimate of drug-likeness (QED) is 0.0526. The van der Waals surface area contributed by atoms with Crippen LogP contribution in [0, 0.1) is 0 Å². The highest BCUT2D eigenvalue weighted by molar-refractivity contribution is 6.64. The molecule has 6 heterocycles. The Kier molecular flexibility index (Phi) is 20.5. The van der Waals surface area contributed by atoms with Crippen LogP contribution in [0.15, 0.2) is 394 Å². The molecular weight excluding hydrogens is 1480 g/mol. The van der Waals surface area contributed by atoms with Gasteiger partial charge in [0.05, 0.1) is 55.9 Å². The number of benzene rings is 15. The molecule has 0 aliphatic rings. The Hall–Kier alpha value is -15.2. The van der Waals surface area contributed by atoms with Crippen molar-refractivity contribution in [3.05, 3.63) is 394 Å². The molecule has 0 radical (unpaired) electrons. The van der Waals surface area contributed by atoms with E-state index in [2.05, 4.69) is 98.6 Å². The predicted octanol–water partition coefficient (Wildman–Crippen LogP) is 18.2. The normalized spacial score (nSPS) is 11.2. The van der Waals surface area contributed by atoms with E-state index in [9.17, 15) is 30.1 Å². The molecule has 0 aliphatic heterocycles. The molecule has 0 atom stereocenters. The summed E-state index contributed by atoms with van der Waals surface area (Å²) in [7, 11) is -4.68. The van der Waals surface area contributed by atoms with Gasteiger partial charge < -0.3 is 43.8 Å². The number of nitrogens with zero attached hydrogens (tertiary/aromatic N) is 10. The maximum absolute atomic E-state index is 10.1. The molecule has 6 aromatic heterocycles. The van der Waals surface area contributed by atoms with Gasteiger partial charge in [0.2, 0.25) is 0 Å². The van der Waals surface area contributed by atoms with E-state index < -0.39 is 21.4 Å². The minimum Gasteiger partial charge on any atom is -0.423 e. The van der Waals surface area contributed by atoms with Gasteiger partial charge >= 0.3 is 21.4 Å². The van der Waals surface area contributed by atoms with E-state index in [1.54, 1.807) is 18.2 Å². The maximum atomic E-state index is 10.1. The third-order valence-electron chi connectivity index (χ3n) is 21.6. The Bertz CT molecular complexity index is 6430. The number of fused-ring (bicyclic) bond motifs is 9. The molecule has 0 amide bonds. The van der Waals surface area contributed by atoms with E-state index in [0.29, 0.717) is 45.5 Å². The molecule has 19 heteroatoms. The summed E-state index contributed by atoms with van der Waals surface area (Å²) in [6.45, 7) is 0. The van der Waals surface area contributed by atoms with Gasteiger partial charge in [-0.25, -0.2) is 34.9 Å². The van der Waals surface area contributed by atoms with E-state index >= 15 is 0 Å². The smallest absolute Gasteiger partial charge is 0.423 e. The Morgan fingerprint density at radius 3 is 0.633 bits per heavy atom. The lowest BCUT2D eigenvalue weighted by Crippen LogP contribution is -2.30. The minimum absolute atomic E-state index is 0.483. The summed E-state index contributed by atoms with van der Waals surface area (Å²) in [5.41, 5.74) is 22.2. The molecule has 120 heavy (non-hydrogen) atoms. The minimum atomic E-state index is -1.56. The van der Waals surface area contributed by atoms with Crippen molar-refractivity contribution in [1.82, 2.24) is 48.6 Å². The van der Waals surface area contributed by atoms with Gasteiger partial charge in [-0.15, -0.1) is 0 Å². The zero-order chi connectivity index (χ0) is 81.2. The molecule has 0 aliphatic carbocycles. The van der Waals surface area contributed by atoms with Crippen LogP contribution in [0.1, 0.15) is 0 Å². The highest BCUT2D eigenvalue weighted by Gasteiger charge is 2.26. The number of aromatic nitrogens is 10. The molecule has 0 saturated carbocycles. The van der Waals surface area contributed by atoms with Crippen LogP contribution in [-0.4, -0.2) is 100 Å². The van der Waals surface area contributed by atoms with Crippen molar-refractivity contribution in [1.29, 1.82) is 0 Å². The average Bonchev–Trinajstić information content (AvgIpc) is 1.59. The fourth-order valence-corrected chi connectivity index (χ4v) is 16.0. The summed E-state index contributed by atoms with van der Waals surface area (Å²) in [5.74, 6) is 3.15. The van der Waals surface area contributed by atoms with Gasteiger partial charge in [0.25, 0.3) is 0 Å². The zero-order valence-electron chi connectivity index (χ0n) is 64.4. The first kappa shape index (κ1) is 74.9. The highest BCUT2D eigenvalue weighted by Crippen LogP contribution is 2.38. The zero-order valence-corrected chi connectivity index (χ0v) is 64.4. The van der Waals surface area contributed by atoms with Gasteiger partial charge in [-0.3, -0.25) is 0 Å². The van der Waals surface area contributed by atoms with Crippen LogP contribution in [0.25, 0.3) is 184 Å². The first-order valence-electron chi connectivity index (χ1n) is 39.4. The number of rotatable bonds is 15. The molecule has 15 aromatic carbocycles. The standard InChI is InChI=1S/2C34H24BN3O2.C33H23BN4O2/c39-35(40)28-15-9-17-32-33(28)27-14-7-8-16-31(27)38(32)26-20-18-24(19-21-26)30-22-29(23-10-3-1-4-11-23)36-34(37-30)25-12-5-2-6-13-25;39-35(40)28-15-9-17-32-33(28)27-14-7-8-16-31(27)38(32)26-20-18-25(19-21-26)34-36-29(23-10-3-1-4-11-23)22-30(37-34)24-12-5-2-6-13-24;39-34(40)27-15-9-17-29-30(27)26-14-7-8-16-28(26)38(29)25-20-18-24(19-21-25)33-36-31(22-10-3-1-4-11-22)35-32(37-33)23-12-5-2-6-13-23/h2*1-22,39-40H;1-21,39-40H. The lowest BCUT2D eigenvalue weighted by Gasteiger charge is -2.11. The first-order chi connectivity index (χ1) is 59.0. The van der Waals surface area contributed by atoms with Crippen LogP contribution < -0.4 is 16.4 Å². The van der Waals surface area contributed by atoms with Crippen LogP contribution in [0.2, 0.25) is 0 Å². The summed E-state index contributed by atoms with van der Waals surface area (Å²) in [5, 5.41) is 65.8. The van der Waals surface area contributed by atoms with Gasteiger partial charge in [-0.2, -0.15) is 0 Å². The van der Waals surface area contributed by atoms with Gasteiger partial charge in [0.15, 0.2) is 29.1 Å². The average molecular weight is 1550 g/mol. The fraction of sp³-hybridized carbons (Fsp3) is 0. The van der Waals surface area contributed by atoms with E-state index in [-0.39, 0.29) is 0 Å². The summed E-state index contributed by atoms with van der Waals surface area (Å²) >= 11 is 0. The summed E-state index contributed by atoms with van der Waals surface area (Å²) in [6.07, 6.45) is 0. The number of para-hydroxylation sites is 3. The molecule has 0 spiro atoms. The molecule has 0 bridgehead atoms. The van der Waals surface area contributed by atoms with Crippen molar-refractivity contribution in [2.24, 2.45) is 0 Å². The predicted molar refractivity (Wildman–Crippen MR) is 485 cm³/mol. The Morgan fingerprint density at radius 1 is 0.175 bits per heavy atom. The van der Waals surface area contributed by atoms with Crippen LogP contribution in [0.4, 0.5) is 0 Å². The molecular formula is C101H71B3N10O6. The van der Waals surface area contributed by atoms with Gasteiger partial charge in [-0.05, 0) is 126 Å². The number of hydrogen-bond donors (Lipinski definition) is 6. The summed E-state index contributed by atoms with van der Waals surface area (Å²) in [4.78, 5) is 34.2. The monoisotopic (exact) mass is 1550 g/mol. The van der Waals surface area contributed by atoms with Crippen LogP contribution >= 0.6 is 0 Å². The van der Waals surface area contributed by atoms with E-state index in [1.165, 1.54) is 0 Å². The molecule has 570 valence electrons. The SMILES string of the molecule is OB(O)c1cccc2c1c1ccccc1n2-c1ccc(-c2cc(-c3ccccc3)nc(-c3ccccc3)n2)cc1.OB(O)c1cccc2c1c1ccccc1n2-c1ccc(-c2nc(-c3ccccc3)cc(-c3ccccc3)n2)cc1.OB(O)c1cccc2c1c1ccccc1n2-c1ccc(-c2nc(-c3ccccc3)nc(-c3ccccc3)n2)cc1. The van der Waals surface area contributed by atoms with E-state index in [0.717, 1.165) is 155 Å². The molecule has 0 fully saturated rings. The molecule has 21 rings (SSSR count). The lowest BCUT2D eigenvalue weighted by molar-refractivity contribution is 0.425. The largest absolute Gasteiger partial charge is 0.489 e. The maximum Gasteiger partial charge on any atom is 0.489 e. The van der Waals surface area contributed by atoms with Crippen molar-refractivity contribution in [2.75, 3.05) is 0 Å². The highest BCUT2D eigenvalue weighted by atomic mass is 16.4. The molecule has 0 saturated heterocycles. The fourth-order valence-electron chi connectivity index (χ4n) is 16.0. The second-order valence-corrected chi connectivity index (χ2v) is 29.0. The van der Waals surface area contributed by atoms with Crippen molar-refractivity contribution >= 4 is 103 Å². The summed E-state index contributed by atoms with van der Waals surface area (Å²) in [6, 6.07) is 130.